The van der Waals surface area contributed by atoms with Gasteiger partial charge in [0.2, 0.25) is 0 Å². The van der Waals surface area contributed by atoms with Gasteiger partial charge in [-0.1, -0.05) is 6.07 Å². The quantitative estimate of drug-likeness (QED) is 0.230. The second kappa shape index (κ2) is 12.5. The number of alkyl carbamates (subject to hydrolysis) is 1. The molecule has 3 aromatic rings. The molecule has 2 aliphatic heterocycles. The Morgan fingerprint density at radius 2 is 1.86 bits per heavy atom. The summed E-state index contributed by atoms with van der Waals surface area (Å²) in [7, 11) is 0. The number of fused-ring (bicyclic) bond motifs is 3. The lowest BCUT2D eigenvalue weighted by Gasteiger charge is -2.42. The largest absolute Gasteiger partial charge is 0.492 e. The zero-order chi connectivity index (χ0) is 31.8. The van der Waals surface area contributed by atoms with Crippen molar-refractivity contribution >= 4 is 17.0 Å². The average molecular weight is 625 g/mol. The molecule has 1 aromatic heterocycles. The van der Waals surface area contributed by atoms with Crippen molar-refractivity contribution in [2.24, 2.45) is 0 Å². The molecular formula is C31H37F5N4O4. The monoisotopic (exact) mass is 624 g/mol. The third-order valence-electron chi connectivity index (χ3n) is 7.78. The Bertz CT molecular complexity index is 1470. The number of hydrogen-bond donors (Lipinski definition) is 1. The van der Waals surface area contributed by atoms with E-state index >= 15 is 8.78 Å². The summed E-state index contributed by atoms with van der Waals surface area (Å²) >= 11 is 0. The van der Waals surface area contributed by atoms with Crippen molar-refractivity contribution in [2.75, 3.05) is 26.3 Å². The molecule has 0 bridgehead atoms. The molecule has 8 nitrogen and oxygen atoms in total. The van der Waals surface area contributed by atoms with E-state index in [9.17, 15) is 18.0 Å². The first-order valence-corrected chi connectivity index (χ1v) is 14.7. The normalized spacial score (nSPS) is 21.2. The van der Waals surface area contributed by atoms with Crippen LogP contribution in [-0.2, 0) is 15.9 Å². The van der Waals surface area contributed by atoms with Gasteiger partial charge in [-0.15, -0.1) is 0 Å². The molecule has 13 heteroatoms. The fourth-order valence-corrected chi connectivity index (χ4v) is 5.99. The van der Waals surface area contributed by atoms with E-state index in [2.05, 4.69) is 10.4 Å². The Hall–Kier alpha value is -3.45. The molecule has 0 aliphatic carbocycles. The fourth-order valence-electron chi connectivity index (χ4n) is 5.99. The van der Waals surface area contributed by atoms with Gasteiger partial charge < -0.3 is 19.5 Å². The van der Waals surface area contributed by atoms with E-state index in [1.54, 1.807) is 50.7 Å². The highest BCUT2D eigenvalue weighted by atomic mass is 19.4. The molecule has 1 saturated heterocycles. The van der Waals surface area contributed by atoms with E-state index in [-0.39, 0.29) is 31.5 Å². The molecule has 44 heavy (non-hydrogen) atoms. The number of carbonyl (C=O) groups excluding carboxylic acids is 1. The van der Waals surface area contributed by atoms with Crippen molar-refractivity contribution in [3.05, 3.63) is 58.8 Å². The molecular weight excluding hydrogens is 587 g/mol. The van der Waals surface area contributed by atoms with Gasteiger partial charge in [0.05, 0.1) is 30.8 Å². The van der Waals surface area contributed by atoms with Crippen molar-refractivity contribution in [1.82, 2.24) is 20.0 Å². The third kappa shape index (κ3) is 7.09. The predicted molar refractivity (Wildman–Crippen MR) is 152 cm³/mol. The van der Waals surface area contributed by atoms with E-state index < -0.39 is 53.7 Å². The van der Waals surface area contributed by atoms with Gasteiger partial charge in [-0.25, -0.2) is 18.3 Å². The maximum absolute atomic E-state index is 15.8. The molecule has 1 fully saturated rings. The van der Waals surface area contributed by atoms with Crippen LogP contribution >= 0.6 is 0 Å². The summed E-state index contributed by atoms with van der Waals surface area (Å²) in [5, 5.41) is 7.74. The van der Waals surface area contributed by atoms with E-state index in [0.717, 1.165) is 47.2 Å². The van der Waals surface area contributed by atoms with Gasteiger partial charge in [-0.05, 0) is 70.6 Å². The second-order valence-corrected chi connectivity index (χ2v) is 12.3. The van der Waals surface area contributed by atoms with Gasteiger partial charge in [0.25, 0.3) is 0 Å². The van der Waals surface area contributed by atoms with Crippen LogP contribution in [0.1, 0.15) is 75.9 Å². The molecule has 5 rings (SSSR count). The van der Waals surface area contributed by atoms with Crippen molar-refractivity contribution in [2.45, 2.75) is 83.5 Å². The van der Waals surface area contributed by atoms with Crippen LogP contribution in [-0.4, -0.2) is 64.9 Å². The van der Waals surface area contributed by atoms with Crippen LogP contribution < -0.4 is 10.1 Å². The van der Waals surface area contributed by atoms with Crippen LogP contribution in [0.5, 0.6) is 5.75 Å². The minimum atomic E-state index is -4.60. The highest BCUT2D eigenvalue weighted by Gasteiger charge is 2.43. The summed E-state index contributed by atoms with van der Waals surface area (Å²) in [6, 6.07) is 3.24. The van der Waals surface area contributed by atoms with Gasteiger partial charge in [-0.2, -0.15) is 18.3 Å². The Kier molecular flexibility index (Phi) is 9.08. The summed E-state index contributed by atoms with van der Waals surface area (Å²) < 4.78 is 91.2. The summed E-state index contributed by atoms with van der Waals surface area (Å²) in [6.45, 7) is 5.90. The number of rotatable bonds is 7. The Balaban J connectivity index is 1.46. The molecule has 1 N–H and O–H groups in total. The van der Waals surface area contributed by atoms with Crippen molar-refractivity contribution in [1.29, 1.82) is 0 Å². The summed E-state index contributed by atoms with van der Waals surface area (Å²) in [4.78, 5) is 12.9. The number of nitrogens with zero attached hydrogens (tertiary/aromatic N) is 3. The number of ether oxygens (including phenoxy) is 3. The predicted octanol–water partition coefficient (Wildman–Crippen LogP) is 6.82. The Labute approximate surface area is 252 Å². The standard InChI is InChI=1S/C31H37F5N4O4/c1-18-13-21-20(8-9-25-22(21)16-38-40(25)26-7-5-6-11-43-26)28(39(18)17-31(34,35)36)27-23(32)14-19(15-24(27)33)42-12-10-37-29(41)44-30(2,3)4/h8-9,14-16,18,26,28H,5-7,10-13,17H2,1-4H3,(H,37,41)/t18-,26?,28+/m1/s1. The second-order valence-electron chi connectivity index (χ2n) is 12.3. The van der Waals surface area contributed by atoms with Gasteiger partial charge in [0, 0.05) is 35.7 Å². The molecule has 1 amide bonds. The maximum Gasteiger partial charge on any atom is 0.407 e. The lowest BCUT2D eigenvalue weighted by atomic mass is 9.83. The zero-order valence-electron chi connectivity index (χ0n) is 25.1. The Morgan fingerprint density at radius 1 is 1.14 bits per heavy atom. The molecule has 0 spiro atoms. The lowest BCUT2D eigenvalue weighted by molar-refractivity contribution is -0.155. The van der Waals surface area contributed by atoms with Gasteiger partial charge >= 0.3 is 12.3 Å². The molecule has 3 heterocycles. The van der Waals surface area contributed by atoms with Crippen molar-refractivity contribution in [3.8, 4) is 5.75 Å². The fraction of sp³-hybridized carbons (Fsp3) is 0.548. The first-order valence-electron chi connectivity index (χ1n) is 14.7. The Morgan fingerprint density at radius 3 is 2.50 bits per heavy atom. The van der Waals surface area contributed by atoms with Crippen LogP contribution in [0.3, 0.4) is 0 Å². The highest BCUT2D eigenvalue weighted by molar-refractivity contribution is 5.84. The SMILES string of the molecule is C[C@@H]1Cc2c(ccc3c2cnn3C2CCCCO2)[C@@H](c2c(F)cc(OCCNC(=O)OC(C)(C)C)cc2F)N1CC(F)(F)F. The maximum atomic E-state index is 15.8. The average Bonchev–Trinajstić information content (AvgIpc) is 3.36. The number of benzene rings is 2. The van der Waals surface area contributed by atoms with Crippen LogP contribution in [0.15, 0.2) is 30.5 Å². The molecule has 3 atom stereocenters. The van der Waals surface area contributed by atoms with Gasteiger partial charge in [-0.3, -0.25) is 4.90 Å². The van der Waals surface area contributed by atoms with Gasteiger partial charge in [0.15, 0.2) is 6.23 Å². The number of nitrogens with one attached hydrogen (secondary N) is 1. The number of carbonyl (C=O) groups is 1. The van der Waals surface area contributed by atoms with E-state index in [1.165, 1.54) is 0 Å². The van der Waals surface area contributed by atoms with E-state index in [1.807, 2.05) is 0 Å². The minimum Gasteiger partial charge on any atom is -0.492 e. The first kappa shape index (κ1) is 32.0. The number of amides is 1. The molecule has 0 saturated carbocycles. The first-order chi connectivity index (χ1) is 20.7. The highest BCUT2D eigenvalue weighted by Crippen LogP contribution is 2.44. The smallest absolute Gasteiger partial charge is 0.407 e. The molecule has 0 radical (unpaired) electrons. The number of aromatic nitrogens is 2. The molecule has 1 unspecified atom stereocenters. The summed E-state index contributed by atoms with van der Waals surface area (Å²) in [6.07, 6.45) is -0.892. The zero-order valence-corrected chi connectivity index (χ0v) is 25.1. The van der Waals surface area contributed by atoms with Crippen LogP contribution in [0.4, 0.5) is 26.7 Å². The van der Waals surface area contributed by atoms with E-state index in [4.69, 9.17) is 14.2 Å². The molecule has 2 aliphatic rings. The van der Waals surface area contributed by atoms with Crippen molar-refractivity contribution < 1.29 is 41.0 Å². The number of hydrogen-bond acceptors (Lipinski definition) is 6. The van der Waals surface area contributed by atoms with Crippen LogP contribution in [0.2, 0.25) is 0 Å². The van der Waals surface area contributed by atoms with Crippen LogP contribution in [0.25, 0.3) is 10.9 Å². The topological polar surface area (TPSA) is 77.8 Å². The van der Waals surface area contributed by atoms with E-state index in [0.29, 0.717) is 17.7 Å². The number of halogens is 5. The number of alkyl halides is 3. The van der Waals surface area contributed by atoms with Crippen molar-refractivity contribution in [3.63, 3.8) is 0 Å². The third-order valence-corrected chi connectivity index (χ3v) is 7.78. The summed E-state index contributed by atoms with van der Waals surface area (Å²) in [5.74, 6) is -2.24. The van der Waals surface area contributed by atoms with Crippen LogP contribution in [0, 0.1) is 11.6 Å². The molecule has 240 valence electrons. The summed E-state index contributed by atoms with van der Waals surface area (Å²) in [5.41, 5.74) is 0.655. The van der Waals surface area contributed by atoms with Gasteiger partial charge in [0.1, 0.15) is 29.6 Å². The molecule has 2 aromatic carbocycles. The lowest BCUT2D eigenvalue weighted by Crippen LogP contribution is -2.47. The minimum absolute atomic E-state index is 0.00234.